The molecule has 4 aliphatic heterocycles. The van der Waals surface area contributed by atoms with E-state index in [1.54, 1.807) is 22.1 Å². The topological polar surface area (TPSA) is 140 Å². The fourth-order valence-electron chi connectivity index (χ4n) is 7.13. The first-order chi connectivity index (χ1) is 25.1. The summed E-state index contributed by atoms with van der Waals surface area (Å²) in [6, 6.07) is 7.14. The van der Waals surface area contributed by atoms with Crippen LogP contribution < -0.4 is 15.1 Å². The first-order valence-electron chi connectivity index (χ1n) is 16.8. The lowest BCUT2D eigenvalue weighted by molar-refractivity contribution is -0.138. The Morgan fingerprint density at radius 1 is 1.10 bits per heavy atom. The molecule has 2 aromatic carbocycles. The molecule has 3 atom stereocenters. The van der Waals surface area contributed by atoms with Gasteiger partial charge in [-0.15, -0.1) is 11.3 Å². The molecule has 0 aliphatic carbocycles. The lowest BCUT2D eigenvalue weighted by Gasteiger charge is -2.38. The average molecular weight is 756 g/mol. The Labute approximate surface area is 307 Å². The number of ether oxygens (including phenoxy) is 2. The zero-order valence-corrected chi connectivity index (χ0v) is 29.7. The number of amides is 2. The third-order valence-corrected chi connectivity index (χ3v) is 10.7. The van der Waals surface area contributed by atoms with Crippen LogP contribution in [0.2, 0.25) is 5.02 Å². The number of amidine groups is 1. The van der Waals surface area contributed by atoms with E-state index in [0.29, 0.717) is 85.8 Å². The number of aromatic nitrogens is 1. The number of halogens is 3. The number of aliphatic carboxylic acids is 1. The van der Waals surface area contributed by atoms with Crippen LogP contribution in [0.1, 0.15) is 29.5 Å². The van der Waals surface area contributed by atoms with E-state index < -0.39 is 29.6 Å². The van der Waals surface area contributed by atoms with E-state index in [0.717, 1.165) is 0 Å². The van der Waals surface area contributed by atoms with Crippen molar-refractivity contribution in [3.05, 3.63) is 86.5 Å². The van der Waals surface area contributed by atoms with Crippen LogP contribution >= 0.6 is 22.9 Å². The van der Waals surface area contributed by atoms with Crippen molar-refractivity contribution >= 4 is 58.1 Å². The van der Waals surface area contributed by atoms with Crippen LogP contribution in [0.4, 0.5) is 25.0 Å². The van der Waals surface area contributed by atoms with E-state index in [9.17, 15) is 18.8 Å². The minimum absolute atomic E-state index is 0.0233. The van der Waals surface area contributed by atoms with Crippen LogP contribution in [-0.4, -0.2) is 115 Å². The highest BCUT2D eigenvalue weighted by atomic mass is 35.5. The van der Waals surface area contributed by atoms with Crippen LogP contribution in [0.3, 0.4) is 0 Å². The minimum Gasteiger partial charge on any atom is -0.481 e. The van der Waals surface area contributed by atoms with Crippen LogP contribution in [0.5, 0.6) is 0 Å². The second kappa shape index (κ2) is 15.1. The number of benzene rings is 2. The van der Waals surface area contributed by atoms with Gasteiger partial charge in [-0.1, -0.05) is 17.7 Å². The number of anilines is 2. The number of carbonyl (C=O) groups is 3. The zero-order chi connectivity index (χ0) is 36.5. The summed E-state index contributed by atoms with van der Waals surface area (Å²) in [5.74, 6) is -2.10. The molecule has 5 heterocycles. The Kier molecular flexibility index (Phi) is 10.4. The van der Waals surface area contributed by atoms with Gasteiger partial charge in [0.15, 0.2) is 10.8 Å². The number of thiazole rings is 1. The number of carboxylic acids is 1. The SMILES string of the molecule is COC(=O)C1=C(CN2CCN3C(=O)N(c4cc(F)cc(N5CCO[C@H](CCC(=O)O)C5)c4)C[C@@H]3C2)NC(c2nccs2)=N[C@H]1c1ccc(F)cc1Cl. The summed E-state index contributed by atoms with van der Waals surface area (Å²) in [4.78, 5) is 54.8. The number of aliphatic imine (C=N–C) groups is 1. The second-order valence-corrected chi connectivity index (χ2v) is 14.2. The molecule has 0 radical (unpaired) electrons. The molecule has 0 spiro atoms. The maximum atomic E-state index is 15.1. The molecule has 7 rings (SSSR count). The second-order valence-electron chi connectivity index (χ2n) is 12.9. The molecule has 3 saturated heterocycles. The number of carboxylic acid groups (broad SMARTS) is 1. The number of hydrogen-bond donors (Lipinski definition) is 2. The van der Waals surface area contributed by atoms with E-state index in [1.807, 2.05) is 10.3 Å². The summed E-state index contributed by atoms with van der Waals surface area (Å²) in [5.41, 5.74) is 2.21. The monoisotopic (exact) mass is 755 g/mol. The van der Waals surface area contributed by atoms with Gasteiger partial charge in [-0.05, 0) is 36.8 Å². The van der Waals surface area contributed by atoms with Gasteiger partial charge in [0, 0.05) is 85.8 Å². The Balaban J connectivity index is 1.11. The summed E-state index contributed by atoms with van der Waals surface area (Å²) in [6.07, 6.45) is 1.67. The lowest BCUT2D eigenvalue weighted by atomic mass is 9.95. The summed E-state index contributed by atoms with van der Waals surface area (Å²) in [7, 11) is 1.28. The molecule has 0 unspecified atom stereocenters. The Morgan fingerprint density at radius 3 is 2.67 bits per heavy atom. The molecule has 17 heteroatoms. The number of urea groups is 1. The number of hydrogen-bond acceptors (Lipinski definition) is 11. The number of rotatable bonds is 10. The van der Waals surface area contributed by atoms with Gasteiger partial charge in [-0.2, -0.15) is 0 Å². The van der Waals surface area contributed by atoms with Crippen LogP contribution in [-0.2, 0) is 19.1 Å². The highest BCUT2D eigenvalue weighted by Gasteiger charge is 2.43. The molecule has 2 amide bonds. The standard InChI is InChI=1S/C35H36ClF2N7O6S/c1-50-34(48)30-28(40-32(33-39-6-11-52-33)41-31(30)26-4-2-20(37)14-27(26)36)19-42-7-8-44-24(16-42)17-45(35(44)49)23-13-21(38)12-22(15-23)43-9-10-51-25(18-43)3-5-29(46)47/h2,4,6,11-15,24-25,31H,3,5,7-10,16-19H2,1H3,(H,40,41)(H,46,47)/t24-,25+,31-/m0/s1. The predicted molar refractivity (Wildman–Crippen MR) is 190 cm³/mol. The fraction of sp³-hybridized carbons (Fsp3) is 0.400. The first-order valence-corrected chi connectivity index (χ1v) is 18.0. The molecule has 2 N–H and O–H groups in total. The summed E-state index contributed by atoms with van der Waals surface area (Å²) >= 11 is 7.86. The number of fused-ring (bicyclic) bond motifs is 1. The summed E-state index contributed by atoms with van der Waals surface area (Å²) < 4.78 is 40.1. The number of methoxy groups -OCH3 is 1. The van der Waals surface area contributed by atoms with Crippen molar-refractivity contribution in [2.45, 2.75) is 31.0 Å². The normalized spacial score (nSPS) is 22.3. The van der Waals surface area contributed by atoms with E-state index in [4.69, 9.17) is 31.2 Å². The van der Waals surface area contributed by atoms with Gasteiger partial charge in [0.25, 0.3) is 0 Å². The van der Waals surface area contributed by atoms with E-state index >= 15 is 4.39 Å². The number of esters is 1. The predicted octanol–water partition coefficient (Wildman–Crippen LogP) is 4.29. The number of nitrogens with zero attached hydrogens (tertiary/aromatic N) is 6. The van der Waals surface area contributed by atoms with Crippen molar-refractivity contribution in [1.82, 2.24) is 20.1 Å². The number of piperazine rings is 1. The van der Waals surface area contributed by atoms with Crippen molar-refractivity contribution in [3.8, 4) is 0 Å². The van der Waals surface area contributed by atoms with E-state index in [1.165, 1.54) is 48.8 Å². The molecule has 1 aromatic heterocycles. The Morgan fingerprint density at radius 2 is 1.92 bits per heavy atom. The van der Waals surface area contributed by atoms with Crippen molar-refractivity contribution in [2.24, 2.45) is 4.99 Å². The van der Waals surface area contributed by atoms with Crippen LogP contribution in [0.15, 0.2) is 64.2 Å². The molecule has 3 aromatic rings. The number of morpholine rings is 1. The molecule has 274 valence electrons. The fourth-order valence-corrected chi connectivity index (χ4v) is 7.99. The summed E-state index contributed by atoms with van der Waals surface area (Å²) in [6.45, 7) is 3.23. The minimum atomic E-state index is -0.902. The number of nitrogens with one attached hydrogen (secondary N) is 1. The van der Waals surface area contributed by atoms with Gasteiger partial charge in [0.2, 0.25) is 0 Å². The molecule has 0 bridgehead atoms. The Bertz CT molecular complexity index is 1930. The maximum absolute atomic E-state index is 15.1. The van der Waals surface area contributed by atoms with Crippen molar-refractivity contribution in [2.75, 3.05) is 69.3 Å². The zero-order valence-electron chi connectivity index (χ0n) is 28.1. The molecule has 0 saturated carbocycles. The van der Waals surface area contributed by atoms with Gasteiger partial charge >= 0.3 is 18.0 Å². The van der Waals surface area contributed by atoms with Crippen LogP contribution in [0.25, 0.3) is 0 Å². The van der Waals surface area contributed by atoms with Crippen molar-refractivity contribution in [1.29, 1.82) is 0 Å². The molecular weight excluding hydrogens is 720 g/mol. The third kappa shape index (κ3) is 7.46. The Hall–Kier alpha value is -4.64. The quantitative estimate of drug-likeness (QED) is 0.288. The van der Waals surface area contributed by atoms with E-state index in [2.05, 4.69) is 15.2 Å². The number of carbonyl (C=O) groups excluding carboxylic acids is 2. The molecule has 13 nitrogen and oxygen atoms in total. The molecule has 4 aliphatic rings. The van der Waals surface area contributed by atoms with Gasteiger partial charge in [-0.3, -0.25) is 19.6 Å². The van der Waals surface area contributed by atoms with E-state index in [-0.39, 0.29) is 41.7 Å². The van der Waals surface area contributed by atoms with Crippen molar-refractivity contribution < 1.29 is 37.7 Å². The maximum Gasteiger partial charge on any atom is 0.338 e. The molecule has 3 fully saturated rings. The highest BCUT2D eigenvalue weighted by molar-refractivity contribution is 7.11. The van der Waals surface area contributed by atoms with Gasteiger partial charge in [0.05, 0.1) is 37.1 Å². The summed E-state index contributed by atoms with van der Waals surface area (Å²) in [5, 5.41) is 14.9. The lowest BCUT2D eigenvalue weighted by Crippen LogP contribution is -2.53. The molecule has 52 heavy (non-hydrogen) atoms. The highest BCUT2D eigenvalue weighted by Crippen LogP contribution is 2.37. The molecular formula is C35H36ClF2N7O6S. The third-order valence-electron chi connectivity index (χ3n) is 9.60. The smallest absolute Gasteiger partial charge is 0.338 e. The van der Waals surface area contributed by atoms with Gasteiger partial charge < -0.3 is 29.7 Å². The first kappa shape index (κ1) is 35.7. The van der Waals surface area contributed by atoms with Crippen LogP contribution in [0, 0.1) is 11.6 Å². The van der Waals surface area contributed by atoms with Gasteiger partial charge in [-0.25, -0.2) is 23.4 Å². The largest absolute Gasteiger partial charge is 0.481 e. The van der Waals surface area contributed by atoms with Gasteiger partial charge in [0.1, 0.15) is 17.7 Å². The van der Waals surface area contributed by atoms with Crippen molar-refractivity contribution in [3.63, 3.8) is 0 Å². The average Bonchev–Trinajstić information content (AvgIpc) is 3.78.